The number of benzene rings is 3. The summed E-state index contributed by atoms with van der Waals surface area (Å²) in [6, 6.07) is 25.8. The van der Waals surface area contributed by atoms with E-state index >= 15 is 0 Å². The number of nitrogens with one attached hydrogen (secondary N) is 4. The number of rotatable bonds is 13. The number of hydrogen-bond donors (Lipinski definition) is 5. The van der Waals surface area contributed by atoms with Crippen LogP contribution in [0.15, 0.2) is 107 Å². The van der Waals surface area contributed by atoms with Gasteiger partial charge in [-0.1, -0.05) is 62.2 Å². The zero-order valence-electron chi connectivity index (χ0n) is 22.5. The van der Waals surface area contributed by atoms with E-state index in [1.807, 2.05) is 67.6 Å². The highest BCUT2D eigenvalue weighted by Crippen LogP contribution is 2.14. The number of aliphatic imine (C=N–C) groups is 2. The van der Waals surface area contributed by atoms with Gasteiger partial charge in [-0.2, -0.15) is 0 Å². The number of unbranched alkanes of at least 4 members (excludes halogenated alkanes) is 4. The van der Waals surface area contributed by atoms with Crippen molar-refractivity contribution in [2.75, 3.05) is 23.7 Å². The van der Waals surface area contributed by atoms with Crippen molar-refractivity contribution in [1.82, 2.24) is 10.6 Å². The van der Waals surface area contributed by atoms with Crippen LogP contribution in [0, 0.1) is 0 Å². The molecule has 8 heteroatoms. The molecule has 0 heterocycles. The Balaban J connectivity index is 1.41. The number of phenolic OH excluding ortho intramolecular Hbond substituents is 1. The molecule has 8 nitrogen and oxygen atoms in total. The molecule has 5 N–H and O–H groups in total. The SMILES string of the molecule is C=C(NC(=NC(C)=NCCCCCCCNC(=O)c1ccccc1)Nc1ccc(O)cc1)Nc1ccccc1. The summed E-state index contributed by atoms with van der Waals surface area (Å²) in [6.45, 7) is 7.29. The van der Waals surface area contributed by atoms with E-state index in [4.69, 9.17) is 0 Å². The third kappa shape index (κ3) is 11.6. The van der Waals surface area contributed by atoms with Crippen LogP contribution in [0.3, 0.4) is 0 Å². The number of guanidine groups is 1. The maximum Gasteiger partial charge on any atom is 0.251 e. The molecule has 39 heavy (non-hydrogen) atoms. The van der Waals surface area contributed by atoms with Crippen molar-refractivity contribution in [2.24, 2.45) is 9.98 Å². The van der Waals surface area contributed by atoms with E-state index in [9.17, 15) is 9.90 Å². The minimum absolute atomic E-state index is 0.0193. The maximum absolute atomic E-state index is 12.1. The van der Waals surface area contributed by atoms with E-state index in [0.717, 1.165) is 43.5 Å². The van der Waals surface area contributed by atoms with Crippen LogP contribution >= 0.6 is 0 Å². The van der Waals surface area contributed by atoms with Gasteiger partial charge in [-0.25, -0.2) is 4.99 Å². The normalized spacial score (nSPS) is 11.5. The molecule has 0 spiro atoms. The van der Waals surface area contributed by atoms with Crippen molar-refractivity contribution in [1.29, 1.82) is 0 Å². The molecule has 3 aromatic carbocycles. The summed E-state index contributed by atoms with van der Waals surface area (Å²) >= 11 is 0. The lowest BCUT2D eigenvalue weighted by molar-refractivity contribution is 0.0953. The number of para-hydroxylation sites is 1. The average Bonchev–Trinajstić information content (AvgIpc) is 2.94. The van der Waals surface area contributed by atoms with Gasteiger partial charge >= 0.3 is 0 Å². The van der Waals surface area contributed by atoms with Gasteiger partial charge in [0.25, 0.3) is 5.91 Å². The maximum atomic E-state index is 12.1. The molecule has 3 rings (SSSR count). The van der Waals surface area contributed by atoms with Crippen LogP contribution in [0.4, 0.5) is 11.4 Å². The van der Waals surface area contributed by atoms with Crippen LogP contribution in [0.1, 0.15) is 49.4 Å². The molecule has 3 aromatic rings. The van der Waals surface area contributed by atoms with E-state index in [2.05, 4.69) is 37.8 Å². The van der Waals surface area contributed by atoms with Gasteiger partial charge in [-0.05, 0) is 68.3 Å². The molecule has 0 aliphatic rings. The van der Waals surface area contributed by atoms with Crippen molar-refractivity contribution < 1.29 is 9.90 Å². The lowest BCUT2D eigenvalue weighted by Gasteiger charge is -2.16. The molecular weight excluding hydrogens is 488 g/mol. The zero-order chi connectivity index (χ0) is 27.7. The summed E-state index contributed by atoms with van der Waals surface area (Å²) in [4.78, 5) is 21.3. The summed E-state index contributed by atoms with van der Waals surface area (Å²) in [5, 5.41) is 22.1. The summed E-state index contributed by atoms with van der Waals surface area (Å²) in [7, 11) is 0. The summed E-state index contributed by atoms with van der Waals surface area (Å²) in [5.41, 5.74) is 2.36. The predicted octanol–water partition coefficient (Wildman–Crippen LogP) is 6.13. The Kier molecular flexibility index (Phi) is 12.1. The number of amidine groups is 1. The van der Waals surface area contributed by atoms with Crippen LogP contribution in [0.5, 0.6) is 5.75 Å². The van der Waals surface area contributed by atoms with Gasteiger partial charge in [-0.15, -0.1) is 0 Å². The van der Waals surface area contributed by atoms with Crippen molar-refractivity contribution in [3.63, 3.8) is 0 Å². The van der Waals surface area contributed by atoms with Gasteiger partial charge in [0.05, 0.1) is 0 Å². The van der Waals surface area contributed by atoms with E-state index in [-0.39, 0.29) is 11.7 Å². The minimum atomic E-state index is -0.0193. The fourth-order valence-corrected chi connectivity index (χ4v) is 3.74. The number of carbonyl (C=O) groups excluding carboxylic acids is 1. The number of anilines is 2. The van der Waals surface area contributed by atoms with Gasteiger partial charge in [0.15, 0.2) is 0 Å². The molecule has 0 atom stereocenters. The zero-order valence-corrected chi connectivity index (χ0v) is 22.5. The van der Waals surface area contributed by atoms with Gasteiger partial charge < -0.3 is 26.4 Å². The van der Waals surface area contributed by atoms with Gasteiger partial charge in [0.1, 0.15) is 17.4 Å². The average molecular weight is 527 g/mol. The smallest absolute Gasteiger partial charge is 0.251 e. The van der Waals surface area contributed by atoms with Gasteiger partial charge in [0, 0.05) is 30.0 Å². The lowest BCUT2D eigenvalue weighted by Crippen LogP contribution is -2.33. The number of nitrogens with zero attached hydrogens (tertiary/aromatic N) is 2. The van der Waals surface area contributed by atoms with Gasteiger partial charge in [0.2, 0.25) is 5.96 Å². The highest BCUT2D eigenvalue weighted by Gasteiger charge is 2.05. The van der Waals surface area contributed by atoms with E-state index < -0.39 is 0 Å². The second-order valence-electron chi connectivity index (χ2n) is 9.05. The lowest BCUT2D eigenvalue weighted by atomic mass is 10.1. The van der Waals surface area contributed by atoms with Crippen molar-refractivity contribution in [3.8, 4) is 5.75 Å². The second kappa shape index (κ2) is 16.3. The summed E-state index contributed by atoms with van der Waals surface area (Å²) in [5.74, 6) is 1.83. The molecule has 0 aliphatic carbocycles. The molecule has 0 saturated carbocycles. The fraction of sp³-hybridized carbons (Fsp3) is 0.258. The quantitative estimate of drug-likeness (QED) is 0.0796. The molecule has 0 fully saturated rings. The topological polar surface area (TPSA) is 110 Å². The highest BCUT2D eigenvalue weighted by molar-refractivity contribution is 6.02. The number of aromatic hydroxyl groups is 1. The van der Waals surface area contributed by atoms with Crippen LogP contribution in [-0.4, -0.2) is 35.9 Å². The fourth-order valence-electron chi connectivity index (χ4n) is 3.74. The standard InChI is InChI=1S/C31H38N6O2/c1-24(32-22-12-4-3-5-13-23-33-30(39)26-14-8-6-9-15-26)35-31(37-28-18-20-29(38)21-19-28)36-25(2)34-27-16-10-7-11-17-27/h6-11,14-21,34,38H,2-5,12-13,22-23H2,1H3,(H,33,39)(H2,32,35,36,37). The van der Waals surface area contributed by atoms with E-state index in [1.54, 1.807) is 24.3 Å². The second-order valence-corrected chi connectivity index (χ2v) is 9.05. The molecule has 1 amide bonds. The first-order valence-electron chi connectivity index (χ1n) is 13.3. The largest absolute Gasteiger partial charge is 0.508 e. The Morgan fingerprint density at radius 2 is 1.41 bits per heavy atom. The first-order valence-corrected chi connectivity index (χ1v) is 13.3. The highest BCUT2D eigenvalue weighted by atomic mass is 16.3. The molecule has 204 valence electrons. The first kappa shape index (κ1) is 29.0. The monoisotopic (exact) mass is 526 g/mol. The minimum Gasteiger partial charge on any atom is -0.508 e. The Hall–Kier alpha value is -4.59. The molecule has 0 unspecified atom stereocenters. The molecular formula is C31H38N6O2. The molecule has 0 radical (unpaired) electrons. The van der Waals surface area contributed by atoms with E-state index in [1.165, 1.54) is 0 Å². The summed E-state index contributed by atoms with van der Waals surface area (Å²) < 4.78 is 0. The molecule has 0 bridgehead atoms. The number of amides is 1. The molecule has 0 saturated heterocycles. The van der Waals surface area contributed by atoms with Crippen molar-refractivity contribution in [3.05, 3.63) is 103 Å². The van der Waals surface area contributed by atoms with Crippen LogP contribution in [0.2, 0.25) is 0 Å². The van der Waals surface area contributed by atoms with Crippen molar-refractivity contribution in [2.45, 2.75) is 39.0 Å². The van der Waals surface area contributed by atoms with Gasteiger partial charge in [-0.3, -0.25) is 9.79 Å². The summed E-state index contributed by atoms with van der Waals surface area (Å²) in [6.07, 6.45) is 5.17. The number of hydrogen-bond acceptors (Lipinski definition) is 4. The van der Waals surface area contributed by atoms with Crippen LogP contribution in [-0.2, 0) is 0 Å². The van der Waals surface area contributed by atoms with Crippen LogP contribution < -0.4 is 21.3 Å². The Labute approximate surface area is 231 Å². The molecule has 0 aliphatic heterocycles. The van der Waals surface area contributed by atoms with Crippen molar-refractivity contribution >= 4 is 29.1 Å². The number of phenols is 1. The van der Waals surface area contributed by atoms with Crippen LogP contribution in [0.25, 0.3) is 0 Å². The Morgan fingerprint density at radius 1 is 0.795 bits per heavy atom. The number of carbonyl (C=O) groups is 1. The Morgan fingerprint density at radius 3 is 2.13 bits per heavy atom. The third-order valence-electron chi connectivity index (χ3n) is 5.74. The first-order chi connectivity index (χ1) is 19.0. The predicted molar refractivity (Wildman–Crippen MR) is 161 cm³/mol. The van der Waals surface area contributed by atoms with E-state index in [0.29, 0.717) is 36.3 Å². The Bertz CT molecular complexity index is 1220. The third-order valence-corrected chi connectivity index (χ3v) is 5.74. The molecule has 0 aromatic heterocycles.